The van der Waals surface area contributed by atoms with E-state index in [2.05, 4.69) is 15.0 Å². The summed E-state index contributed by atoms with van der Waals surface area (Å²) in [5.41, 5.74) is 6.46. The lowest BCUT2D eigenvalue weighted by Crippen LogP contribution is -2.23. The molecule has 0 aliphatic carbocycles. The number of nitrogens with one attached hydrogen (secondary N) is 1. The average molecular weight is 251 g/mol. The van der Waals surface area contributed by atoms with Crippen molar-refractivity contribution in [2.24, 2.45) is 10.7 Å². The second kappa shape index (κ2) is 7.16. The Morgan fingerprint density at radius 2 is 2.00 bits per heavy atom. The first kappa shape index (κ1) is 13.8. The summed E-state index contributed by atoms with van der Waals surface area (Å²) >= 11 is 0. The van der Waals surface area contributed by atoms with Crippen LogP contribution in [0.2, 0.25) is 0 Å². The highest BCUT2D eigenvalue weighted by atomic mass is 16.5. The minimum Gasteiger partial charge on any atom is -0.497 e. The Morgan fingerprint density at radius 3 is 2.56 bits per heavy atom. The number of methoxy groups -OCH3 is 2. The minimum absolute atomic E-state index is 0.210. The van der Waals surface area contributed by atoms with Crippen LogP contribution in [0.5, 0.6) is 5.75 Å². The van der Waals surface area contributed by atoms with E-state index in [1.165, 1.54) is 7.11 Å². The van der Waals surface area contributed by atoms with Crippen molar-refractivity contribution >= 4 is 17.6 Å². The molecule has 0 amide bonds. The van der Waals surface area contributed by atoms with Gasteiger partial charge in [0, 0.05) is 5.69 Å². The maximum atomic E-state index is 10.9. The quantitative estimate of drug-likeness (QED) is 0.463. The van der Waals surface area contributed by atoms with Gasteiger partial charge in [-0.15, -0.1) is 0 Å². The Balaban J connectivity index is 2.45. The number of ether oxygens (including phenoxy) is 2. The third-order valence-corrected chi connectivity index (χ3v) is 2.19. The topological polar surface area (TPSA) is 85.9 Å². The molecule has 0 aliphatic heterocycles. The molecule has 1 aromatic rings. The van der Waals surface area contributed by atoms with Crippen LogP contribution in [0.1, 0.15) is 6.42 Å². The van der Waals surface area contributed by atoms with E-state index in [0.717, 1.165) is 11.4 Å². The summed E-state index contributed by atoms with van der Waals surface area (Å²) in [6.45, 7) is 0.293. The largest absolute Gasteiger partial charge is 0.497 e. The molecule has 6 heteroatoms. The van der Waals surface area contributed by atoms with Crippen LogP contribution < -0.4 is 15.8 Å². The number of nitrogens with two attached hydrogens (primary N) is 1. The van der Waals surface area contributed by atoms with E-state index < -0.39 is 0 Å². The van der Waals surface area contributed by atoms with Crippen molar-refractivity contribution in [2.75, 3.05) is 26.1 Å². The van der Waals surface area contributed by atoms with Crippen LogP contribution in [0.25, 0.3) is 0 Å². The van der Waals surface area contributed by atoms with E-state index in [1.54, 1.807) is 7.11 Å². The lowest BCUT2D eigenvalue weighted by Gasteiger charge is -2.06. The molecule has 0 fully saturated rings. The molecular formula is C12H17N3O3. The van der Waals surface area contributed by atoms with Crippen LogP contribution in [0.4, 0.5) is 5.69 Å². The number of guanidine groups is 1. The predicted molar refractivity (Wildman–Crippen MR) is 69.7 cm³/mol. The van der Waals surface area contributed by atoms with Gasteiger partial charge in [-0.3, -0.25) is 9.79 Å². The normalized spacial score (nSPS) is 10.9. The Morgan fingerprint density at radius 1 is 1.33 bits per heavy atom. The molecular weight excluding hydrogens is 234 g/mol. The number of hydrogen-bond acceptors (Lipinski definition) is 4. The molecule has 1 rings (SSSR count). The fourth-order valence-corrected chi connectivity index (χ4v) is 1.23. The van der Waals surface area contributed by atoms with Gasteiger partial charge in [0.2, 0.25) is 0 Å². The van der Waals surface area contributed by atoms with Gasteiger partial charge >= 0.3 is 5.97 Å². The third-order valence-electron chi connectivity index (χ3n) is 2.19. The number of rotatable bonds is 5. The minimum atomic E-state index is -0.309. The Hall–Kier alpha value is -2.24. The van der Waals surface area contributed by atoms with Gasteiger partial charge < -0.3 is 20.5 Å². The van der Waals surface area contributed by atoms with Crippen molar-refractivity contribution in [1.29, 1.82) is 0 Å². The maximum Gasteiger partial charge on any atom is 0.307 e. The summed E-state index contributed by atoms with van der Waals surface area (Å²) in [6, 6.07) is 7.26. The van der Waals surface area contributed by atoms with Crippen molar-refractivity contribution in [1.82, 2.24) is 0 Å². The first-order valence-electron chi connectivity index (χ1n) is 5.43. The Bertz CT molecular complexity index is 415. The van der Waals surface area contributed by atoms with E-state index in [1.807, 2.05) is 24.3 Å². The van der Waals surface area contributed by atoms with Crippen molar-refractivity contribution in [3.63, 3.8) is 0 Å². The number of carbonyl (C=O) groups is 1. The molecule has 3 N–H and O–H groups in total. The molecule has 0 spiro atoms. The first-order valence-corrected chi connectivity index (χ1v) is 5.43. The fraction of sp³-hybridized carbons (Fsp3) is 0.333. The molecule has 18 heavy (non-hydrogen) atoms. The Labute approximate surface area is 106 Å². The highest BCUT2D eigenvalue weighted by Gasteiger charge is 1.99. The molecule has 0 atom stereocenters. The maximum absolute atomic E-state index is 10.9. The fourth-order valence-electron chi connectivity index (χ4n) is 1.23. The van der Waals surface area contributed by atoms with Crippen molar-refractivity contribution in [3.05, 3.63) is 24.3 Å². The van der Waals surface area contributed by atoms with E-state index in [9.17, 15) is 4.79 Å². The van der Waals surface area contributed by atoms with Gasteiger partial charge in [-0.1, -0.05) is 0 Å². The van der Waals surface area contributed by atoms with E-state index in [0.29, 0.717) is 6.54 Å². The van der Waals surface area contributed by atoms with Gasteiger partial charge in [-0.05, 0) is 24.3 Å². The lowest BCUT2D eigenvalue weighted by molar-refractivity contribution is -0.140. The number of nitrogens with zero attached hydrogens (tertiary/aromatic N) is 1. The molecule has 0 unspecified atom stereocenters. The standard InChI is InChI=1S/C12H17N3O3/c1-17-10-5-3-9(4-6-10)15-12(13)14-8-7-11(16)18-2/h3-6H,7-8H2,1-2H3,(H3,13,14,15). The number of esters is 1. The second-order valence-corrected chi connectivity index (χ2v) is 3.45. The Kier molecular flexibility index (Phi) is 5.50. The zero-order valence-corrected chi connectivity index (χ0v) is 10.5. The molecule has 0 aliphatic rings. The van der Waals surface area contributed by atoms with Crippen LogP contribution in [0.15, 0.2) is 29.3 Å². The zero-order chi connectivity index (χ0) is 13.4. The van der Waals surface area contributed by atoms with Crippen LogP contribution in [0, 0.1) is 0 Å². The summed E-state index contributed by atoms with van der Waals surface area (Å²) in [5, 5.41) is 2.91. The van der Waals surface area contributed by atoms with Crippen LogP contribution in [0.3, 0.4) is 0 Å². The monoisotopic (exact) mass is 251 g/mol. The van der Waals surface area contributed by atoms with Crippen molar-refractivity contribution in [3.8, 4) is 5.75 Å². The molecule has 0 heterocycles. The number of aliphatic imine (C=N–C) groups is 1. The van der Waals surface area contributed by atoms with E-state index in [-0.39, 0.29) is 18.3 Å². The van der Waals surface area contributed by atoms with Crippen LogP contribution in [-0.4, -0.2) is 32.7 Å². The first-order chi connectivity index (χ1) is 8.65. The summed E-state index contributed by atoms with van der Waals surface area (Å²) in [6.07, 6.45) is 0.210. The van der Waals surface area contributed by atoms with Crippen molar-refractivity contribution < 1.29 is 14.3 Å². The molecule has 0 aromatic heterocycles. The molecule has 98 valence electrons. The van der Waals surface area contributed by atoms with Gasteiger partial charge in [0.05, 0.1) is 27.2 Å². The molecule has 0 saturated carbocycles. The summed E-state index contributed by atoms with van der Waals surface area (Å²) < 4.78 is 9.53. The summed E-state index contributed by atoms with van der Waals surface area (Å²) in [7, 11) is 2.94. The second-order valence-electron chi connectivity index (χ2n) is 3.45. The van der Waals surface area contributed by atoms with Gasteiger partial charge in [0.25, 0.3) is 0 Å². The molecule has 0 bridgehead atoms. The molecule has 1 aromatic carbocycles. The predicted octanol–water partition coefficient (Wildman–Crippen LogP) is 0.985. The highest BCUT2D eigenvalue weighted by molar-refractivity contribution is 5.92. The van der Waals surface area contributed by atoms with E-state index in [4.69, 9.17) is 10.5 Å². The van der Waals surface area contributed by atoms with Crippen LogP contribution >= 0.6 is 0 Å². The van der Waals surface area contributed by atoms with Gasteiger partial charge in [0.1, 0.15) is 5.75 Å². The van der Waals surface area contributed by atoms with Gasteiger partial charge in [0.15, 0.2) is 5.96 Å². The van der Waals surface area contributed by atoms with Gasteiger partial charge in [-0.2, -0.15) is 0 Å². The summed E-state index contributed by atoms with van der Waals surface area (Å²) in [5.74, 6) is 0.710. The third kappa shape index (κ3) is 4.73. The number of carbonyl (C=O) groups excluding carboxylic acids is 1. The molecule has 6 nitrogen and oxygen atoms in total. The number of hydrogen-bond donors (Lipinski definition) is 2. The number of benzene rings is 1. The van der Waals surface area contributed by atoms with E-state index >= 15 is 0 Å². The number of anilines is 1. The summed E-state index contributed by atoms with van der Waals surface area (Å²) in [4.78, 5) is 14.9. The average Bonchev–Trinajstić information content (AvgIpc) is 2.39. The van der Waals surface area contributed by atoms with Crippen molar-refractivity contribution in [2.45, 2.75) is 6.42 Å². The zero-order valence-electron chi connectivity index (χ0n) is 10.5. The van der Waals surface area contributed by atoms with Crippen LogP contribution in [-0.2, 0) is 9.53 Å². The molecule has 0 radical (unpaired) electrons. The van der Waals surface area contributed by atoms with Gasteiger partial charge in [-0.25, -0.2) is 0 Å². The highest BCUT2D eigenvalue weighted by Crippen LogP contribution is 2.14. The molecule has 0 saturated heterocycles. The smallest absolute Gasteiger partial charge is 0.307 e. The lowest BCUT2D eigenvalue weighted by atomic mass is 10.3. The SMILES string of the molecule is COC(=O)CCN=C(N)Nc1ccc(OC)cc1.